The second kappa shape index (κ2) is 4.75. The molecule has 3 nitrogen and oxygen atoms in total. The van der Waals surface area contributed by atoms with Crippen molar-refractivity contribution in [1.29, 1.82) is 0 Å². The third kappa shape index (κ3) is 2.67. The Labute approximate surface area is 110 Å². The van der Waals surface area contributed by atoms with Crippen molar-refractivity contribution >= 4 is 29.3 Å². The summed E-state index contributed by atoms with van der Waals surface area (Å²) >= 11 is 12.0. The Bertz CT molecular complexity index is 444. The molecular formula is C12H13Cl2NO2. The topological polar surface area (TPSA) is 38.3 Å². The molecule has 2 rings (SSSR count). The maximum atomic E-state index is 11.4. The van der Waals surface area contributed by atoms with Crippen molar-refractivity contribution in [3.05, 3.63) is 33.8 Å². The molecule has 1 N–H and O–H groups in total. The van der Waals surface area contributed by atoms with Crippen LogP contribution >= 0.6 is 23.2 Å². The molecule has 5 heteroatoms. The second-order valence-corrected chi connectivity index (χ2v) is 4.90. The molecule has 0 aliphatic heterocycles. The summed E-state index contributed by atoms with van der Waals surface area (Å²) in [4.78, 5) is 11.4. The normalized spacial score (nSPS) is 16.4. The average molecular weight is 274 g/mol. The van der Waals surface area contributed by atoms with Crippen LogP contribution in [0, 0.1) is 0 Å². The van der Waals surface area contributed by atoms with Gasteiger partial charge in [-0.2, -0.15) is 0 Å². The maximum Gasteiger partial charge on any atom is 0.407 e. The van der Waals surface area contributed by atoms with Gasteiger partial charge in [0.25, 0.3) is 0 Å². The maximum absolute atomic E-state index is 11.4. The van der Waals surface area contributed by atoms with E-state index in [-0.39, 0.29) is 5.54 Å². The van der Waals surface area contributed by atoms with Gasteiger partial charge in [0, 0.05) is 10.0 Å². The number of ether oxygens (including phenoxy) is 1. The highest BCUT2D eigenvalue weighted by Crippen LogP contribution is 2.48. The minimum atomic E-state index is -0.406. The van der Waals surface area contributed by atoms with Crippen LogP contribution in [0.5, 0.6) is 0 Å². The van der Waals surface area contributed by atoms with Crippen LogP contribution in [-0.4, -0.2) is 12.7 Å². The lowest BCUT2D eigenvalue weighted by Gasteiger charge is -2.18. The van der Waals surface area contributed by atoms with Crippen molar-refractivity contribution in [3.8, 4) is 0 Å². The summed E-state index contributed by atoms with van der Waals surface area (Å²) in [6, 6.07) is 5.31. The number of carbonyl (C=O) groups is 1. The summed E-state index contributed by atoms with van der Waals surface area (Å²) in [5.41, 5.74) is 0.533. The van der Waals surface area contributed by atoms with Crippen molar-refractivity contribution in [1.82, 2.24) is 5.32 Å². The monoisotopic (exact) mass is 273 g/mol. The highest BCUT2D eigenvalue weighted by Gasteiger charge is 2.47. The Morgan fingerprint density at radius 1 is 1.47 bits per heavy atom. The summed E-state index contributed by atoms with van der Waals surface area (Å²) in [5, 5.41) is 4.02. The molecule has 0 bridgehead atoms. The van der Waals surface area contributed by atoms with Crippen molar-refractivity contribution in [2.45, 2.75) is 25.3 Å². The van der Waals surface area contributed by atoms with Gasteiger partial charge in [-0.25, -0.2) is 4.79 Å². The summed E-state index contributed by atoms with van der Waals surface area (Å²) in [6.07, 6.45) is 1.33. The first-order valence-corrected chi connectivity index (χ1v) is 6.23. The van der Waals surface area contributed by atoms with Crippen LogP contribution in [0.15, 0.2) is 18.2 Å². The number of halogens is 2. The van der Waals surface area contributed by atoms with E-state index in [4.69, 9.17) is 27.9 Å². The molecule has 1 aromatic carbocycles. The fourth-order valence-corrected chi connectivity index (χ4v) is 2.42. The van der Waals surface area contributed by atoms with E-state index in [0.717, 1.165) is 18.4 Å². The first-order chi connectivity index (χ1) is 8.07. The average Bonchev–Trinajstić information content (AvgIpc) is 2.98. The Kier molecular flexibility index (Phi) is 3.50. The van der Waals surface area contributed by atoms with Crippen LogP contribution in [0.3, 0.4) is 0 Å². The molecule has 0 aromatic heterocycles. The van der Waals surface area contributed by atoms with Crippen molar-refractivity contribution in [3.63, 3.8) is 0 Å². The van der Waals surface area contributed by atoms with Gasteiger partial charge in [0.2, 0.25) is 0 Å². The van der Waals surface area contributed by atoms with Crippen molar-refractivity contribution in [2.24, 2.45) is 0 Å². The number of alkyl carbamates (subject to hydrolysis) is 1. The van der Waals surface area contributed by atoms with Crippen molar-refractivity contribution in [2.75, 3.05) is 6.61 Å². The lowest BCUT2D eigenvalue weighted by Crippen LogP contribution is -2.35. The number of benzene rings is 1. The third-order valence-electron chi connectivity index (χ3n) is 2.81. The summed E-state index contributed by atoms with van der Waals surface area (Å²) < 4.78 is 4.88. The van der Waals surface area contributed by atoms with Gasteiger partial charge in [0.05, 0.1) is 12.1 Å². The van der Waals surface area contributed by atoms with Gasteiger partial charge in [-0.1, -0.05) is 29.3 Å². The molecule has 1 fully saturated rings. The molecule has 1 aliphatic carbocycles. The second-order valence-electron chi connectivity index (χ2n) is 4.05. The molecule has 0 spiro atoms. The zero-order chi connectivity index (χ0) is 12.5. The molecule has 0 atom stereocenters. The lowest BCUT2D eigenvalue weighted by molar-refractivity contribution is 0.146. The van der Waals surface area contributed by atoms with Gasteiger partial charge in [-0.15, -0.1) is 0 Å². The standard InChI is InChI=1S/C12H13Cl2NO2/c1-2-17-11(16)15-12(5-6-12)9-4-3-8(13)7-10(9)14/h3-4,7H,2,5-6H2,1H3,(H,15,16). The van der Waals surface area contributed by atoms with Crippen LogP contribution in [0.4, 0.5) is 4.79 Å². The van der Waals surface area contributed by atoms with Gasteiger partial charge >= 0.3 is 6.09 Å². The molecular weight excluding hydrogens is 261 g/mol. The number of rotatable bonds is 3. The van der Waals surface area contributed by atoms with Crippen LogP contribution in [0.25, 0.3) is 0 Å². The first kappa shape index (κ1) is 12.5. The quantitative estimate of drug-likeness (QED) is 0.912. The van der Waals surface area contributed by atoms with E-state index < -0.39 is 6.09 Å². The largest absolute Gasteiger partial charge is 0.450 e. The molecule has 0 heterocycles. The Hall–Kier alpha value is -0.930. The fraction of sp³-hybridized carbons (Fsp3) is 0.417. The lowest BCUT2D eigenvalue weighted by atomic mass is 10.1. The highest BCUT2D eigenvalue weighted by atomic mass is 35.5. The van der Waals surface area contributed by atoms with E-state index in [1.54, 1.807) is 19.1 Å². The third-order valence-corrected chi connectivity index (χ3v) is 3.36. The highest BCUT2D eigenvalue weighted by molar-refractivity contribution is 6.35. The first-order valence-electron chi connectivity index (χ1n) is 5.48. The molecule has 1 amide bonds. The van der Waals surface area contributed by atoms with Gasteiger partial charge in [0.1, 0.15) is 0 Å². The summed E-state index contributed by atoms with van der Waals surface area (Å²) in [7, 11) is 0. The minimum absolute atomic E-state index is 0.357. The number of hydrogen-bond donors (Lipinski definition) is 1. The summed E-state index contributed by atoms with van der Waals surface area (Å²) in [6.45, 7) is 2.13. The molecule has 92 valence electrons. The van der Waals surface area contributed by atoms with E-state index >= 15 is 0 Å². The number of carbonyl (C=O) groups excluding carboxylic acids is 1. The Morgan fingerprint density at radius 3 is 2.71 bits per heavy atom. The van der Waals surface area contributed by atoms with E-state index in [1.807, 2.05) is 6.07 Å². The molecule has 0 radical (unpaired) electrons. The van der Waals surface area contributed by atoms with Gasteiger partial charge < -0.3 is 10.1 Å². The van der Waals surface area contributed by atoms with Gasteiger partial charge in [0.15, 0.2) is 0 Å². The van der Waals surface area contributed by atoms with E-state index in [9.17, 15) is 4.79 Å². The molecule has 1 aliphatic rings. The Morgan fingerprint density at radius 2 is 2.18 bits per heavy atom. The zero-order valence-electron chi connectivity index (χ0n) is 9.43. The molecule has 1 saturated carbocycles. The van der Waals surface area contributed by atoms with E-state index in [2.05, 4.69) is 5.32 Å². The van der Waals surface area contributed by atoms with Crippen LogP contribution in [0.1, 0.15) is 25.3 Å². The van der Waals surface area contributed by atoms with Gasteiger partial charge in [-0.05, 0) is 37.5 Å². The molecule has 17 heavy (non-hydrogen) atoms. The number of amides is 1. The zero-order valence-corrected chi connectivity index (χ0v) is 10.9. The number of hydrogen-bond acceptors (Lipinski definition) is 2. The van der Waals surface area contributed by atoms with Crippen LogP contribution in [0.2, 0.25) is 10.0 Å². The van der Waals surface area contributed by atoms with E-state index in [1.165, 1.54) is 0 Å². The molecule has 1 aromatic rings. The molecule has 0 unspecified atom stereocenters. The fourth-order valence-electron chi connectivity index (χ4n) is 1.83. The van der Waals surface area contributed by atoms with E-state index in [0.29, 0.717) is 16.7 Å². The van der Waals surface area contributed by atoms with Gasteiger partial charge in [-0.3, -0.25) is 0 Å². The van der Waals surface area contributed by atoms with Crippen LogP contribution < -0.4 is 5.32 Å². The predicted molar refractivity (Wildman–Crippen MR) is 67.5 cm³/mol. The van der Waals surface area contributed by atoms with Crippen molar-refractivity contribution < 1.29 is 9.53 Å². The predicted octanol–water partition coefficient (Wildman–Crippen LogP) is 3.73. The Balaban J connectivity index is 2.18. The number of nitrogens with one attached hydrogen (secondary N) is 1. The minimum Gasteiger partial charge on any atom is -0.450 e. The van der Waals surface area contributed by atoms with Crippen LogP contribution in [-0.2, 0) is 10.3 Å². The summed E-state index contributed by atoms with van der Waals surface area (Å²) in [5.74, 6) is 0. The smallest absolute Gasteiger partial charge is 0.407 e. The molecule has 0 saturated heterocycles. The SMILES string of the molecule is CCOC(=O)NC1(c2ccc(Cl)cc2Cl)CC1.